The van der Waals surface area contributed by atoms with Gasteiger partial charge in [0.05, 0.1) is 0 Å². The minimum atomic E-state index is -0.971. The zero-order valence-electron chi connectivity index (χ0n) is 14.0. The Kier molecular flexibility index (Phi) is 9.84. The standard InChI is InChI=1S/C16H32N2O3/c1-5-7-9-11-16(3,4)12-17-15(21)18-13(14(19)20)10-8-6-2/h13H,5-12H2,1-4H3,(H,19,20)(H2,17,18,21). The summed E-state index contributed by atoms with van der Waals surface area (Å²) in [5.41, 5.74) is 0.0364. The second-order valence-electron chi connectivity index (χ2n) is 6.48. The van der Waals surface area contributed by atoms with Crippen LogP contribution < -0.4 is 10.6 Å². The van der Waals surface area contributed by atoms with Gasteiger partial charge in [-0.2, -0.15) is 0 Å². The summed E-state index contributed by atoms with van der Waals surface area (Å²) in [5, 5.41) is 14.4. The van der Waals surface area contributed by atoms with Gasteiger partial charge in [0.2, 0.25) is 0 Å². The van der Waals surface area contributed by atoms with Crippen molar-refractivity contribution in [1.29, 1.82) is 0 Å². The van der Waals surface area contributed by atoms with Gasteiger partial charge in [-0.1, -0.05) is 59.8 Å². The van der Waals surface area contributed by atoms with E-state index in [1.165, 1.54) is 12.8 Å². The lowest BCUT2D eigenvalue weighted by Crippen LogP contribution is -2.48. The van der Waals surface area contributed by atoms with Gasteiger partial charge in [-0.05, 0) is 18.3 Å². The zero-order valence-corrected chi connectivity index (χ0v) is 14.0. The maximum absolute atomic E-state index is 11.8. The van der Waals surface area contributed by atoms with Crippen LogP contribution in [-0.2, 0) is 4.79 Å². The highest BCUT2D eigenvalue weighted by atomic mass is 16.4. The fraction of sp³-hybridized carbons (Fsp3) is 0.875. The molecule has 0 aromatic carbocycles. The number of carbonyl (C=O) groups excluding carboxylic acids is 1. The maximum atomic E-state index is 11.8. The van der Waals surface area contributed by atoms with Gasteiger partial charge in [0.15, 0.2) is 0 Å². The molecule has 0 radical (unpaired) electrons. The summed E-state index contributed by atoms with van der Waals surface area (Å²) in [6.45, 7) is 8.96. The largest absolute Gasteiger partial charge is 0.480 e. The van der Waals surface area contributed by atoms with E-state index in [-0.39, 0.29) is 11.4 Å². The second kappa shape index (κ2) is 10.5. The van der Waals surface area contributed by atoms with Crippen LogP contribution in [0, 0.1) is 5.41 Å². The molecule has 0 bridgehead atoms. The molecule has 21 heavy (non-hydrogen) atoms. The number of carbonyl (C=O) groups is 2. The van der Waals surface area contributed by atoms with Crippen molar-refractivity contribution in [3.63, 3.8) is 0 Å². The topological polar surface area (TPSA) is 78.4 Å². The normalized spacial score (nSPS) is 12.8. The van der Waals surface area contributed by atoms with E-state index in [1.807, 2.05) is 6.92 Å². The number of rotatable bonds is 11. The third kappa shape index (κ3) is 10.2. The molecular formula is C16H32N2O3. The lowest BCUT2D eigenvalue weighted by atomic mass is 9.87. The molecule has 0 aromatic heterocycles. The van der Waals surface area contributed by atoms with Crippen LogP contribution in [0.25, 0.3) is 0 Å². The average Bonchev–Trinajstić information content (AvgIpc) is 2.41. The minimum Gasteiger partial charge on any atom is -0.480 e. The third-order valence-electron chi connectivity index (χ3n) is 3.63. The van der Waals surface area contributed by atoms with Crippen LogP contribution in [0.5, 0.6) is 0 Å². The Bertz CT molecular complexity index is 317. The van der Waals surface area contributed by atoms with Crippen molar-refractivity contribution >= 4 is 12.0 Å². The highest BCUT2D eigenvalue weighted by molar-refractivity contribution is 5.82. The smallest absolute Gasteiger partial charge is 0.326 e. The summed E-state index contributed by atoms with van der Waals surface area (Å²) in [6.07, 6.45) is 6.77. The molecule has 2 amide bonds. The van der Waals surface area contributed by atoms with Crippen molar-refractivity contribution in [1.82, 2.24) is 10.6 Å². The Morgan fingerprint density at radius 2 is 1.71 bits per heavy atom. The fourth-order valence-corrected chi connectivity index (χ4v) is 2.14. The molecule has 3 N–H and O–H groups in total. The molecule has 0 rings (SSSR count). The van der Waals surface area contributed by atoms with Gasteiger partial charge < -0.3 is 15.7 Å². The number of aliphatic carboxylic acids is 1. The Labute approximate surface area is 128 Å². The Morgan fingerprint density at radius 1 is 1.10 bits per heavy atom. The lowest BCUT2D eigenvalue weighted by molar-refractivity contribution is -0.139. The molecule has 1 atom stereocenters. The summed E-state index contributed by atoms with van der Waals surface area (Å²) in [4.78, 5) is 22.9. The molecule has 124 valence electrons. The van der Waals surface area contributed by atoms with Gasteiger partial charge in [0.1, 0.15) is 6.04 Å². The molecule has 0 aromatic rings. The summed E-state index contributed by atoms with van der Waals surface area (Å²) in [6, 6.07) is -1.18. The third-order valence-corrected chi connectivity index (χ3v) is 3.63. The number of hydrogen-bond donors (Lipinski definition) is 3. The molecule has 0 aliphatic heterocycles. The van der Waals surface area contributed by atoms with Gasteiger partial charge in [0, 0.05) is 6.54 Å². The van der Waals surface area contributed by atoms with Crippen LogP contribution in [-0.4, -0.2) is 29.7 Å². The molecule has 0 aliphatic carbocycles. The molecule has 1 unspecified atom stereocenters. The SMILES string of the molecule is CCCCCC(C)(C)CNC(=O)NC(CCCC)C(=O)O. The summed E-state index contributed by atoms with van der Waals surface area (Å²) in [7, 11) is 0. The minimum absolute atomic E-state index is 0.0364. The zero-order chi connectivity index (χ0) is 16.3. The van der Waals surface area contributed by atoms with Gasteiger partial charge >= 0.3 is 12.0 Å². The Balaban J connectivity index is 4.13. The number of unbranched alkanes of at least 4 members (excludes halogenated alkanes) is 3. The first-order chi connectivity index (χ1) is 9.82. The number of nitrogens with one attached hydrogen (secondary N) is 2. The van der Waals surface area contributed by atoms with Crippen LogP contribution >= 0.6 is 0 Å². The number of carboxylic acids is 1. The van der Waals surface area contributed by atoms with Crippen LogP contribution in [0.1, 0.15) is 72.6 Å². The first kappa shape index (κ1) is 19.7. The average molecular weight is 300 g/mol. The van der Waals surface area contributed by atoms with E-state index in [0.717, 1.165) is 25.7 Å². The highest BCUT2D eigenvalue weighted by Crippen LogP contribution is 2.22. The van der Waals surface area contributed by atoms with Crippen molar-refractivity contribution in [3.8, 4) is 0 Å². The molecule has 0 fully saturated rings. The van der Waals surface area contributed by atoms with Crippen molar-refractivity contribution in [3.05, 3.63) is 0 Å². The number of urea groups is 1. The van der Waals surface area contributed by atoms with Gasteiger partial charge in [-0.25, -0.2) is 9.59 Å². The highest BCUT2D eigenvalue weighted by Gasteiger charge is 2.22. The first-order valence-corrected chi connectivity index (χ1v) is 8.09. The van der Waals surface area contributed by atoms with Crippen LogP contribution in [0.15, 0.2) is 0 Å². The summed E-state index contributed by atoms with van der Waals surface area (Å²) >= 11 is 0. The molecule has 5 nitrogen and oxygen atoms in total. The lowest BCUT2D eigenvalue weighted by Gasteiger charge is -2.25. The maximum Gasteiger partial charge on any atom is 0.326 e. The number of hydrogen-bond acceptors (Lipinski definition) is 2. The first-order valence-electron chi connectivity index (χ1n) is 8.09. The van der Waals surface area contributed by atoms with E-state index in [9.17, 15) is 9.59 Å². The molecule has 0 saturated heterocycles. The van der Waals surface area contributed by atoms with Crippen LogP contribution in [0.3, 0.4) is 0 Å². The Hall–Kier alpha value is -1.26. The van der Waals surface area contributed by atoms with Crippen molar-refractivity contribution in [2.75, 3.05) is 6.54 Å². The number of carboxylic acid groups (broad SMARTS) is 1. The van der Waals surface area contributed by atoms with Gasteiger partial charge in [0.25, 0.3) is 0 Å². The van der Waals surface area contributed by atoms with Gasteiger partial charge in [-0.3, -0.25) is 0 Å². The van der Waals surface area contributed by atoms with Crippen molar-refractivity contribution < 1.29 is 14.7 Å². The van der Waals surface area contributed by atoms with E-state index >= 15 is 0 Å². The monoisotopic (exact) mass is 300 g/mol. The second-order valence-corrected chi connectivity index (χ2v) is 6.48. The van der Waals surface area contributed by atoms with Crippen LogP contribution in [0.4, 0.5) is 4.79 Å². The quantitative estimate of drug-likeness (QED) is 0.511. The molecule has 0 aliphatic rings. The summed E-state index contributed by atoms with van der Waals surface area (Å²) in [5.74, 6) is -0.971. The van der Waals surface area contributed by atoms with E-state index in [0.29, 0.717) is 13.0 Å². The van der Waals surface area contributed by atoms with E-state index in [1.54, 1.807) is 0 Å². The predicted octanol–water partition coefficient (Wildman–Crippen LogP) is 3.54. The van der Waals surface area contributed by atoms with E-state index in [2.05, 4.69) is 31.4 Å². The predicted molar refractivity (Wildman–Crippen MR) is 85.4 cm³/mol. The Morgan fingerprint density at radius 3 is 2.24 bits per heavy atom. The van der Waals surface area contributed by atoms with Gasteiger partial charge in [-0.15, -0.1) is 0 Å². The molecule has 5 heteroatoms. The van der Waals surface area contributed by atoms with E-state index < -0.39 is 12.0 Å². The van der Waals surface area contributed by atoms with Crippen molar-refractivity contribution in [2.45, 2.75) is 78.7 Å². The fourth-order valence-electron chi connectivity index (χ4n) is 2.14. The summed E-state index contributed by atoms with van der Waals surface area (Å²) < 4.78 is 0. The van der Waals surface area contributed by atoms with Crippen LogP contribution in [0.2, 0.25) is 0 Å². The van der Waals surface area contributed by atoms with Crippen molar-refractivity contribution in [2.24, 2.45) is 5.41 Å². The molecule has 0 heterocycles. The molecule has 0 saturated carbocycles. The van der Waals surface area contributed by atoms with E-state index in [4.69, 9.17) is 5.11 Å². The molecular weight excluding hydrogens is 268 g/mol. The molecule has 0 spiro atoms. The number of amides is 2.